The lowest BCUT2D eigenvalue weighted by Gasteiger charge is -2.20. The normalized spacial score (nSPS) is 17.7. The molecular weight excluding hydrogens is 284 g/mol. The lowest BCUT2D eigenvalue weighted by atomic mass is 10.1. The topological polar surface area (TPSA) is 62.1 Å². The van der Waals surface area contributed by atoms with Crippen molar-refractivity contribution in [2.75, 3.05) is 0 Å². The third kappa shape index (κ3) is 4.08. The van der Waals surface area contributed by atoms with Crippen LogP contribution in [0.15, 0.2) is 34.1 Å². The first-order valence-corrected chi connectivity index (χ1v) is 5.81. The van der Waals surface area contributed by atoms with Crippen LogP contribution in [0.3, 0.4) is 0 Å². The van der Waals surface area contributed by atoms with E-state index in [4.69, 9.17) is 10.00 Å². The first kappa shape index (κ1) is 13.5. The second-order valence-corrected chi connectivity index (χ2v) is 5.32. The molecule has 1 heterocycles. The second kappa shape index (κ2) is 5.19. The Morgan fingerprint density at radius 3 is 2.53 bits per heavy atom. The molecule has 0 fully saturated rings. The monoisotopic (exact) mass is 296 g/mol. The van der Waals surface area contributed by atoms with Crippen LogP contribution in [0.4, 0.5) is 0 Å². The van der Waals surface area contributed by atoms with E-state index < -0.39 is 11.6 Å². The molecule has 0 atom stereocenters. The van der Waals surface area contributed by atoms with Crippen LogP contribution in [-0.4, -0.2) is 11.6 Å². The molecule has 0 saturated heterocycles. The third-order valence-electron chi connectivity index (χ3n) is 1.76. The maximum atomic E-state index is 11.8. The summed E-state index contributed by atoms with van der Waals surface area (Å²) in [4.78, 5) is 11.8. The number of ether oxygens (including phenoxy) is 1. The Labute approximate surface area is 109 Å². The van der Waals surface area contributed by atoms with Gasteiger partial charge in [0, 0.05) is 10.7 Å². The predicted octanol–water partition coefficient (Wildman–Crippen LogP) is 2.50. The highest BCUT2D eigenvalue weighted by atomic mass is 79.9. The lowest BCUT2D eigenvalue weighted by Crippen LogP contribution is -2.26. The van der Waals surface area contributed by atoms with E-state index in [1.54, 1.807) is 39.1 Å². The van der Waals surface area contributed by atoms with Crippen LogP contribution in [0.1, 0.15) is 20.8 Å². The van der Waals surface area contributed by atoms with E-state index in [0.717, 1.165) is 4.48 Å². The highest BCUT2D eigenvalue weighted by molar-refractivity contribution is 9.11. The number of esters is 1. The molecule has 1 aliphatic rings. The molecule has 0 spiro atoms. The van der Waals surface area contributed by atoms with Crippen LogP contribution >= 0.6 is 15.9 Å². The molecule has 90 valence electrons. The van der Waals surface area contributed by atoms with Crippen molar-refractivity contribution in [1.82, 2.24) is 5.32 Å². The number of carbonyl (C=O) groups excluding carboxylic acids is 1. The van der Waals surface area contributed by atoms with Gasteiger partial charge in [-0.05, 0) is 48.9 Å². The van der Waals surface area contributed by atoms with E-state index in [1.807, 2.05) is 6.07 Å². The fourth-order valence-corrected chi connectivity index (χ4v) is 1.35. The number of nitrogens with zero attached hydrogens (tertiary/aromatic N) is 1. The van der Waals surface area contributed by atoms with Gasteiger partial charge in [-0.1, -0.05) is 0 Å². The van der Waals surface area contributed by atoms with Crippen molar-refractivity contribution in [3.05, 3.63) is 34.1 Å². The van der Waals surface area contributed by atoms with Gasteiger partial charge in [0.05, 0.1) is 5.70 Å². The van der Waals surface area contributed by atoms with Crippen LogP contribution in [0, 0.1) is 11.3 Å². The predicted molar refractivity (Wildman–Crippen MR) is 67.8 cm³/mol. The average molecular weight is 297 g/mol. The van der Waals surface area contributed by atoms with Gasteiger partial charge in [-0.25, -0.2) is 4.79 Å². The van der Waals surface area contributed by atoms with Gasteiger partial charge in [-0.3, -0.25) is 0 Å². The molecule has 0 bridgehead atoms. The zero-order valence-corrected chi connectivity index (χ0v) is 11.5. The number of dihydropyridines is 1. The van der Waals surface area contributed by atoms with Crippen molar-refractivity contribution in [3.63, 3.8) is 0 Å². The summed E-state index contributed by atoms with van der Waals surface area (Å²) in [6, 6.07) is 1.86. The summed E-state index contributed by atoms with van der Waals surface area (Å²) in [6.07, 6.45) is 5.04. The van der Waals surface area contributed by atoms with Crippen LogP contribution < -0.4 is 5.32 Å². The Hall–Kier alpha value is -1.54. The van der Waals surface area contributed by atoms with Crippen molar-refractivity contribution in [3.8, 4) is 6.07 Å². The molecule has 0 amide bonds. The quantitative estimate of drug-likeness (QED) is 0.459. The largest absolute Gasteiger partial charge is 0.456 e. The van der Waals surface area contributed by atoms with Crippen LogP contribution in [0.2, 0.25) is 0 Å². The number of hydrogen-bond donors (Lipinski definition) is 1. The molecule has 0 radical (unpaired) electrons. The molecule has 5 heteroatoms. The lowest BCUT2D eigenvalue weighted by molar-refractivity contribution is -0.149. The van der Waals surface area contributed by atoms with Crippen molar-refractivity contribution in [2.24, 2.45) is 0 Å². The summed E-state index contributed by atoms with van der Waals surface area (Å²) in [7, 11) is 0. The minimum atomic E-state index is -0.626. The van der Waals surface area contributed by atoms with E-state index in [0.29, 0.717) is 5.70 Å². The standard InChI is InChI=1S/C12H13BrN2O2/c1-12(2,3)17-11(16)9(6-14)10-5-4-8(13)7-15-10/h4-5,7,15H,1-3H3. The molecule has 0 aromatic carbocycles. The minimum absolute atomic E-state index is 0.0348. The Morgan fingerprint density at radius 2 is 2.12 bits per heavy atom. The molecule has 0 aromatic heterocycles. The Morgan fingerprint density at radius 1 is 1.47 bits per heavy atom. The van der Waals surface area contributed by atoms with E-state index in [-0.39, 0.29) is 5.57 Å². The average Bonchev–Trinajstić information content (AvgIpc) is 2.19. The summed E-state index contributed by atoms with van der Waals surface area (Å²) in [5.74, 6) is -0.626. The van der Waals surface area contributed by atoms with Gasteiger partial charge in [-0.15, -0.1) is 0 Å². The number of allylic oxidation sites excluding steroid dienone is 3. The van der Waals surface area contributed by atoms with Crippen molar-refractivity contribution in [1.29, 1.82) is 5.26 Å². The fourth-order valence-electron chi connectivity index (χ4n) is 1.11. The molecule has 1 N–H and O–H groups in total. The molecule has 1 rings (SSSR count). The highest BCUT2D eigenvalue weighted by Crippen LogP contribution is 2.17. The van der Waals surface area contributed by atoms with E-state index in [2.05, 4.69) is 21.2 Å². The zero-order valence-electron chi connectivity index (χ0n) is 9.87. The molecule has 4 nitrogen and oxygen atoms in total. The Balaban J connectivity index is 2.94. The van der Waals surface area contributed by atoms with Gasteiger partial charge in [0.15, 0.2) is 5.57 Å². The number of hydrogen-bond acceptors (Lipinski definition) is 4. The van der Waals surface area contributed by atoms with Crippen molar-refractivity contribution >= 4 is 21.9 Å². The molecule has 17 heavy (non-hydrogen) atoms. The molecule has 0 saturated carbocycles. The SMILES string of the molecule is CC(C)(C)OC(=O)C(C#N)=C1C=CC(Br)=CN1. The van der Waals surface area contributed by atoms with Gasteiger partial charge < -0.3 is 10.1 Å². The highest BCUT2D eigenvalue weighted by Gasteiger charge is 2.22. The van der Waals surface area contributed by atoms with Gasteiger partial charge in [-0.2, -0.15) is 5.26 Å². The smallest absolute Gasteiger partial charge is 0.351 e. The summed E-state index contributed by atoms with van der Waals surface area (Å²) in [5.41, 5.74) is -0.216. The molecule has 0 aliphatic carbocycles. The minimum Gasteiger partial charge on any atom is -0.456 e. The van der Waals surface area contributed by atoms with Gasteiger partial charge in [0.25, 0.3) is 0 Å². The van der Waals surface area contributed by atoms with Crippen LogP contribution in [-0.2, 0) is 9.53 Å². The number of halogens is 1. The van der Waals surface area contributed by atoms with Crippen LogP contribution in [0.5, 0.6) is 0 Å². The summed E-state index contributed by atoms with van der Waals surface area (Å²) < 4.78 is 5.98. The van der Waals surface area contributed by atoms with Crippen LogP contribution in [0.25, 0.3) is 0 Å². The maximum Gasteiger partial charge on any atom is 0.351 e. The van der Waals surface area contributed by atoms with Crippen molar-refractivity contribution in [2.45, 2.75) is 26.4 Å². The van der Waals surface area contributed by atoms with E-state index in [1.165, 1.54) is 0 Å². The summed E-state index contributed by atoms with van der Waals surface area (Å²) in [6.45, 7) is 5.27. The zero-order chi connectivity index (χ0) is 13.1. The maximum absolute atomic E-state index is 11.8. The third-order valence-corrected chi connectivity index (χ3v) is 2.25. The number of nitrogens with one attached hydrogen (secondary N) is 1. The Kier molecular flexibility index (Phi) is 4.13. The first-order chi connectivity index (χ1) is 7.83. The molecule has 1 aliphatic heterocycles. The molecule has 0 unspecified atom stereocenters. The first-order valence-electron chi connectivity index (χ1n) is 5.01. The van der Waals surface area contributed by atoms with E-state index >= 15 is 0 Å². The van der Waals surface area contributed by atoms with E-state index in [9.17, 15) is 4.79 Å². The number of nitriles is 1. The molecular formula is C12H13BrN2O2. The van der Waals surface area contributed by atoms with Crippen molar-refractivity contribution < 1.29 is 9.53 Å². The van der Waals surface area contributed by atoms with Gasteiger partial charge in [0.2, 0.25) is 0 Å². The fraction of sp³-hybridized carbons (Fsp3) is 0.333. The van der Waals surface area contributed by atoms with Gasteiger partial charge in [0.1, 0.15) is 11.7 Å². The summed E-state index contributed by atoms with van der Waals surface area (Å²) >= 11 is 3.26. The Bertz CT molecular complexity index is 462. The number of rotatable bonds is 1. The summed E-state index contributed by atoms with van der Waals surface area (Å²) in [5, 5.41) is 11.8. The second-order valence-electron chi connectivity index (χ2n) is 4.41. The number of carbonyl (C=O) groups is 1. The molecule has 0 aromatic rings. The van der Waals surface area contributed by atoms with Gasteiger partial charge >= 0.3 is 5.97 Å².